The monoisotopic (exact) mass is 217 g/mol. The van der Waals surface area contributed by atoms with Gasteiger partial charge in [0, 0.05) is 6.07 Å². The summed E-state index contributed by atoms with van der Waals surface area (Å²) in [5, 5.41) is 1.94. The van der Waals surface area contributed by atoms with Crippen LogP contribution in [-0.2, 0) is 4.79 Å². The van der Waals surface area contributed by atoms with Gasteiger partial charge in [-0.25, -0.2) is 4.39 Å². The minimum absolute atomic E-state index is 0.0461. The van der Waals surface area contributed by atoms with Crippen molar-refractivity contribution in [2.75, 3.05) is 5.32 Å². The Hall–Kier alpha value is -1.72. The zero-order chi connectivity index (χ0) is 11.2. The molecule has 0 aromatic heterocycles. The third-order valence-electron chi connectivity index (χ3n) is 2.01. The van der Waals surface area contributed by atoms with Crippen molar-refractivity contribution in [3.05, 3.63) is 23.5 Å². The van der Waals surface area contributed by atoms with Crippen LogP contribution in [0.5, 0.6) is 5.75 Å². The Morgan fingerprint density at radius 2 is 2.07 bits per heavy atom. The van der Waals surface area contributed by atoms with E-state index in [1.165, 1.54) is 13.0 Å². The van der Waals surface area contributed by atoms with Crippen LogP contribution in [0.15, 0.2) is 12.1 Å². The number of halogens is 3. The second kappa shape index (κ2) is 2.88. The molecule has 6 heteroatoms. The molecule has 0 saturated carbocycles. The lowest BCUT2D eigenvalue weighted by atomic mass is 10.1. The molecule has 0 aliphatic carbocycles. The summed E-state index contributed by atoms with van der Waals surface area (Å²) < 4.78 is 42.6. The largest absolute Gasteiger partial charge is 0.482 e. The van der Waals surface area contributed by atoms with Crippen LogP contribution in [0.3, 0.4) is 0 Å². The Kier molecular flexibility index (Phi) is 1.89. The first-order chi connectivity index (χ1) is 6.90. The molecule has 0 fully saturated rings. The van der Waals surface area contributed by atoms with E-state index in [-0.39, 0.29) is 17.0 Å². The number of rotatable bonds is 0. The van der Waals surface area contributed by atoms with Crippen LogP contribution in [0.25, 0.3) is 0 Å². The second-order valence-corrected chi connectivity index (χ2v) is 3.17. The Morgan fingerprint density at radius 3 is 2.73 bits per heavy atom. The molecule has 80 valence electrons. The van der Waals surface area contributed by atoms with E-state index < -0.39 is 17.8 Å². The average molecular weight is 217 g/mol. The van der Waals surface area contributed by atoms with Gasteiger partial charge in [0.2, 0.25) is 0 Å². The molecule has 2 rings (SSSR count). The van der Waals surface area contributed by atoms with E-state index >= 15 is 0 Å². The van der Waals surface area contributed by atoms with Gasteiger partial charge in [0.15, 0.2) is 5.75 Å². The predicted molar refractivity (Wildman–Crippen MR) is 45.3 cm³/mol. The molecule has 1 aromatic rings. The van der Waals surface area contributed by atoms with Gasteiger partial charge < -0.3 is 10.1 Å². The third kappa shape index (κ3) is 1.51. The SMILES string of the molecule is Cc1cc2c(cc1F)OC(F)(F)C(=O)N2. The molecule has 0 spiro atoms. The molecule has 3 nitrogen and oxygen atoms in total. The third-order valence-corrected chi connectivity index (χ3v) is 2.01. The normalized spacial score (nSPS) is 17.7. The van der Waals surface area contributed by atoms with Crippen molar-refractivity contribution in [1.82, 2.24) is 0 Å². The molecule has 1 aromatic carbocycles. The summed E-state index contributed by atoms with van der Waals surface area (Å²) in [5.41, 5.74) is 0.285. The molecule has 15 heavy (non-hydrogen) atoms. The minimum atomic E-state index is -3.95. The first-order valence-electron chi connectivity index (χ1n) is 4.08. The van der Waals surface area contributed by atoms with Crippen molar-refractivity contribution in [1.29, 1.82) is 0 Å². The Morgan fingerprint density at radius 1 is 1.40 bits per heavy atom. The number of nitrogens with one attached hydrogen (secondary N) is 1. The van der Waals surface area contributed by atoms with Crippen molar-refractivity contribution in [3.63, 3.8) is 0 Å². The number of aryl methyl sites for hydroxylation is 1. The molecular weight excluding hydrogens is 211 g/mol. The van der Waals surface area contributed by atoms with Crippen LogP contribution in [0.4, 0.5) is 18.9 Å². The predicted octanol–water partition coefficient (Wildman–Crippen LogP) is 2.06. The Balaban J connectivity index is 2.51. The summed E-state index contributed by atoms with van der Waals surface area (Å²) >= 11 is 0. The van der Waals surface area contributed by atoms with Gasteiger partial charge >= 0.3 is 12.0 Å². The van der Waals surface area contributed by atoms with E-state index in [0.717, 1.165) is 6.07 Å². The topological polar surface area (TPSA) is 38.3 Å². The summed E-state index contributed by atoms with van der Waals surface area (Å²) in [4.78, 5) is 10.8. The highest BCUT2D eigenvalue weighted by Crippen LogP contribution is 2.36. The number of ether oxygens (including phenoxy) is 1. The van der Waals surface area contributed by atoms with Gasteiger partial charge in [0.1, 0.15) is 5.82 Å². The van der Waals surface area contributed by atoms with Crippen molar-refractivity contribution in [2.45, 2.75) is 13.0 Å². The number of alkyl halides is 2. The summed E-state index contributed by atoms with van der Waals surface area (Å²) in [6.07, 6.45) is -3.95. The molecule has 1 amide bonds. The van der Waals surface area contributed by atoms with E-state index in [4.69, 9.17) is 0 Å². The van der Waals surface area contributed by atoms with Gasteiger partial charge in [-0.3, -0.25) is 4.79 Å². The molecule has 0 bridgehead atoms. The summed E-state index contributed by atoms with van der Waals surface area (Å²) in [5.74, 6) is -2.59. The van der Waals surface area contributed by atoms with E-state index in [9.17, 15) is 18.0 Å². The lowest BCUT2D eigenvalue weighted by Gasteiger charge is -2.24. The number of carbonyl (C=O) groups excluding carboxylic acids is 1. The van der Waals surface area contributed by atoms with Gasteiger partial charge in [-0.1, -0.05) is 0 Å². The van der Waals surface area contributed by atoms with Crippen LogP contribution in [0, 0.1) is 12.7 Å². The zero-order valence-corrected chi connectivity index (χ0v) is 7.61. The fourth-order valence-corrected chi connectivity index (χ4v) is 1.22. The highest BCUT2D eigenvalue weighted by Gasteiger charge is 2.46. The van der Waals surface area contributed by atoms with E-state index in [2.05, 4.69) is 4.74 Å². The Bertz CT molecular complexity index is 445. The van der Waals surface area contributed by atoms with Gasteiger partial charge in [-0.05, 0) is 18.6 Å². The van der Waals surface area contributed by atoms with Crippen molar-refractivity contribution in [3.8, 4) is 5.75 Å². The quantitative estimate of drug-likeness (QED) is 0.722. The molecule has 0 radical (unpaired) electrons. The van der Waals surface area contributed by atoms with Crippen LogP contribution in [-0.4, -0.2) is 12.0 Å². The van der Waals surface area contributed by atoms with Gasteiger partial charge in [-0.2, -0.15) is 8.78 Å². The highest BCUT2D eigenvalue weighted by molar-refractivity contribution is 5.98. The molecule has 1 aliphatic heterocycles. The first-order valence-corrected chi connectivity index (χ1v) is 4.08. The van der Waals surface area contributed by atoms with Gasteiger partial charge in [0.05, 0.1) is 5.69 Å². The van der Waals surface area contributed by atoms with Gasteiger partial charge in [-0.15, -0.1) is 0 Å². The molecule has 1 N–H and O–H groups in total. The maximum atomic E-state index is 13.0. The number of carbonyl (C=O) groups is 1. The number of anilines is 1. The molecule has 0 saturated heterocycles. The standard InChI is InChI=1S/C9H6F3NO2/c1-4-2-6-7(3-5(4)10)15-9(11,12)8(14)13-6/h2-3H,1H3,(H,13,14). The maximum Gasteiger partial charge on any atom is 0.482 e. The lowest BCUT2D eigenvalue weighted by Crippen LogP contribution is -2.43. The molecule has 1 heterocycles. The van der Waals surface area contributed by atoms with E-state index in [0.29, 0.717) is 0 Å². The smallest absolute Gasteiger partial charge is 0.423 e. The fourth-order valence-electron chi connectivity index (χ4n) is 1.22. The van der Waals surface area contributed by atoms with Crippen LogP contribution < -0.4 is 10.1 Å². The fraction of sp³-hybridized carbons (Fsp3) is 0.222. The molecular formula is C9H6F3NO2. The number of benzene rings is 1. The average Bonchev–Trinajstić information content (AvgIpc) is 2.11. The van der Waals surface area contributed by atoms with Gasteiger partial charge in [0.25, 0.3) is 0 Å². The summed E-state index contributed by atoms with van der Waals surface area (Å²) in [7, 11) is 0. The number of amides is 1. The van der Waals surface area contributed by atoms with Crippen LogP contribution in [0.2, 0.25) is 0 Å². The van der Waals surface area contributed by atoms with E-state index in [1.807, 2.05) is 5.32 Å². The number of hydrogen-bond donors (Lipinski definition) is 1. The highest BCUT2D eigenvalue weighted by atomic mass is 19.3. The number of fused-ring (bicyclic) bond motifs is 1. The van der Waals surface area contributed by atoms with Crippen molar-refractivity contribution in [2.24, 2.45) is 0 Å². The second-order valence-electron chi connectivity index (χ2n) is 3.17. The molecule has 1 aliphatic rings. The van der Waals surface area contributed by atoms with Crippen LogP contribution in [0.1, 0.15) is 5.56 Å². The number of hydrogen-bond acceptors (Lipinski definition) is 2. The Labute approximate surface area is 82.8 Å². The summed E-state index contributed by atoms with van der Waals surface area (Å²) in [6.45, 7) is 1.45. The molecule has 0 unspecified atom stereocenters. The first kappa shape index (κ1) is 9.82. The van der Waals surface area contributed by atoms with E-state index in [1.54, 1.807) is 0 Å². The molecule has 0 atom stereocenters. The summed E-state index contributed by atoms with van der Waals surface area (Å²) in [6, 6.07) is 2.05. The minimum Gasteiger partial charge on any atom is -0.423 e. The van der Waals surface area contributed by atoms with Crippen molar-refractivity contribution < 1.29 is 22.7 Å². The zero-order valence-electron chi connectivity index (χ0n) is 7.61. The van der Waals surface area contributed by atoms with Crippen molar-refractivity contribution >= 4 is 11.6 Å². The van der Waals surface area contributed by atoms with Crippen LogP contribution >= 0.6 is 0 Å². The maximum absolute atomic E-state index is 13.0. The lowest BCUT2D eigenvalue weighted by molar-refractivity contribution is -0.189.